The van der Waals surface area contributed by atoms with Crippen molar-refractivity contribution in [1.82, 2.24) is 5.32 Å². The molecule has 0 radical (unpaired) electrons. The molecule has 23 heavy (non-hydrogen) atoms. The van der Waals surface area contributed by atoms with Gasteiger partial charge < -0.3 is 21.1 Å². The zero-order valence-electron chi connectivity index (χ0n) is 12.6. The third-order valence-corrected chi connectivity index (χ3v) is 3.80. The number of carbonyl (C=O) groups is 1. The Kier molecular flexibility index (Phi) is 5.35. The second-order valence-electron chi connectivity index (χ2n) is 5.80. The monoisotopic (exact) mass is 331 g/mol. The van der Waals surface area contributed by atoms with Gasteiger partial charge in [0, 0.05) is 17.8 Å². The molecule has 1 aromatic rings. The van der Waals surface area contributed by atoms with E-state index in [1.54, 1.807) is 0 Å². The minimum Gasteiger partial charge on any atom is -0.406 e. The van der Waals surface area contributed by atoms with Crippen molar-refractivity contribution in [3.05, 3.63) is 24.3 Å². The van der Waals surface area contributed by atoms with Gasteiger partial charge in [-0.15, -0.1) is 13.2 Å². The molecule has 0 bridgehead atoms. The Hall–Kier alpha value is -1.96. The number of ether oxygens (including phenoxy) is 1. The van der Waals surface area contributed by atoms with Gasteiger partial charge >= 0.3 is 12.4 Å². The Labute approximate surface area is 132 Å². The fourth-order valence-corrected chi connectivity index (χ4v) is 2.60. The summed E-state index contributed by atoms with van der Waals surface area (Å²) in [6.45, 7) is 0.369. The number of urea groups is 1. The van der Waals surface area contributed by atoms with E-state index >= 15 is 0 Å². The summed E-state index contributed by atoms with van der Waals surface area (Å²) in [5.74, 6) is -0.341. The van der Waals surface area contributed by atoms with Gasteiger partial charge in [-0.25, -0.2) is 4.79 Å². The summed E-state index contributed by atoms with van der Waals surface area (Å²) in [4.78, 5) is 11.8. The number of benzene rings is 1. The van der Waals surface area contributed by atoms with E-state index in [0.717, 1.165) is 44.2 Å². The largest absolute Gasteiger partial charge is 0.573 e. The van der Waals surface area contributed by atoms with Crippen LogP contribution >= 0.6 is 0 Å². The first-order chi connectivity index (χ1) is 10.8. The van der Waals surface area contributed by atoms with E-state index in [1.807, 2.05) is 0 Å². The number of hydrogen-bond donors (Lipinski definition) is 3. The first kappa shape index (κ1) is 17.4. The van der Waals surface area contributed by atoms with Gasteiger partial charge in [0.15, 0.2) is 0 Å². The van der Waals surface area contributed by atoms with Crippen molar-refractivity contribution in [2.45, 2.75) is 44.0 Å². The molecule has 4 N–H and O–H groups in total. The highest BCUT2D eigenvalue weighted by atomic mass is 19.4. The molecule has 0 atom stereocenters. The lowest BCUT2D eigenvalue weighted by Crippen LogP contribution is -2.52. The van der Waals surface area contributed by atoms with Gasteiger partial charge in [0.1, 0.15) is 5.75 Å². The minimum absolute atomic E-state index is 0.341. The van der Waals surface area contributed by atoms with Gasteiger partial charge in [0.25, 0.3) is 0 Å². The van der Waals surface area contributed by atoms with Crippen LogP contribution in [-0.4, -0.2) is 24.5 Å². The molecule has 0 unspecified atom stereocenters. The van der Waals surface area contributed by atoms with Crippen molar-refractivity contribution < 1.29 is 22.7 Å². The number of anilines is 1. The second-order valence-corrected chi connectivity index (χ2v) is 5.80. The zero-order chi connectivity index (χ0) is 16.9. The molecule has 0 heterocycles. The molecular formula is C15H20F3N3O2. The van der Waals surface area contributed by atoms with Crippen LogP contribution in [0.15, 0.2) is 24.3 Å². The van der Waals surface area contributed by atoms with Crippen LogP contribution in [0.1, 0.15) is 32.1 Å². The highest BCUT2D eigenvalue weighted by Gasteiger charge is 2.31. The van der Waals surface area contributed by atoms with Gasteiger partial charge in [-0.3, -0.25) is 0 Å². The topological polar surface area (TPSA) is 76.4 Å². The number of rotatable bonds is 4. The lowest BCUT2D eigenvalue weighted by atomic mass is 9.82. The van der Waals surface area contributed by atoms with E-state index < -0.39 is 12.4 Å². The Bertz CT molecular complexity index is 526. The predicted molar refractivity (Wildman–Crippen MR) is 80.1 cm³/mol. The zero-order valence-corrected chi connectivity index (χ0v) is 12.6. The van der Waals surface area contributed by atoms with Gasteiger partial charge in [0.2, 0.25) is 0 Å². The van der Waals surface area contributed by atoms with E-state index in [1.165, 1.54) is 12.1 Å². The average Bonchev–Trinajstić information content (AvgIpc) is 2.47. The summed E-state index contributed by atoms with van der Waals surface area (Å²) >= 11 is 0. The van der Waals surface area contributed by atoms with Gasteiger partial charge in [-0.1, -0.05) is 19.3 Å². The molecule has 2 amide bonds. The average molecular weight is 331 g/mol. The molecule has 0 aromatic heterocycles. The molecule has 1 saturated carbocycles. The molecule has 8 heteroatoms. The lowest BCUT2D eigenvalue weighted by Gasteiger charge is -2.33. The Morgan fingerprint density at radius 3 is 2.35 bits per heavy atom. The highest BCUT2D eigenvalue weighted by Crippen LogP contribution is 2.25. The molecular weight excluding hydrogens is 311 g/mol. The molecule has 1 fully saturated rings. The van der Waals surface area contributed by atoms with Crippen LogP contribution in [-0.2, 0) is 0 Å². The molecule has 128 valence electrons. The maximum atomic E-state index is 12.1. The minimum atomic E-state index is -4.73. The SMILES string of the molecule is NC1(CNC(=O)Nc2ccc(OC(F)(F)F)cc2)CCCCC1. The molecule has 0 aliphatic heterocycles. The maximum absolute atomic E-state index is 12.1. The third-order valence-electron chi connectivity index (χ3n) is 3.80. The number of nitrogens with one attached hydrogen (secondary N) is 2. The predicted octanol–water partition coefficient (Wildman–Crippen LogP) is 3.37. The maximum Gasteiger partial charge on any atom is 0.573 e. The fourth-order valence-electron chi connectivity index (χ4n) is 2.60. The first-order valence-corrected chi connectivity index (χ1v) is 7.45. The van der Waals surface area contributed by atoms with Crippen LogP contribution < -0.4 is 21.1 Å². The summed E-state index contributed by atoms with van der Waals surface area (Å²) in [7, 11) is 0. The standard InChI is InChI=1S/C15H20F3N3O2/c16-15(17,18)23-12-6-4-11(5-7-12)21-13(22)20-10-14(19)8-2-1-3-9-14/h4-7H,1-3,8-10,19H2,(H2,20,21,22). The lowest BCUT2D eigenvalue weighted by molar-refractivity contribution is -0.274. The number of amides is 2. The number of halogens is 3. The van der Waals surface area contributed by atoms with E-state index in [2.05, 4.69) is 15.4 Å². The summed E-state index contributed by atoms with van der Waals surface area (Å²) in [5.41, 5.74) is 6.21. The van der Waals surface area contributed by atoms with Crippen molar-refractivity contribution >= 4 is 11.7 Å². The van der Waals surface area contributed by atoms with Crippen LogP contribution in [0, 0.1) is 0 Å². The third kappa shape index (κ3) is 5.97. The Morgan fingerprint density at radius 2 is 1.78 bits per heavy atom. The van der Waals surface area contributed by atoms with E-state index in [-0.39, 0.29) is 11.3 Å². The molecule has 0 spiro atoms. The summed E-state index contributed by atoms with van der Waals surface area (Å²) in [6.07, 6.45) is 0.285. The second kappa shape index (κ2) is 7.08. The van der Waals surface area contributed by atoms with Crippen LogP contribution in [0.5, 0.6) is 5.75 Å². The van der Waals surface area contributed by atoms with Crippen LogP contribution in [0.2, 0.25) is 0 Å². The van der Waals surface area contributed by atoms with Crippen molar-refractivity contribution in [3.8, 4) is 5.75 Å². The highest BCUT2D eigenvalue weighted by molar-refractivity contribution is 5.89. The molecule has 5 nitrogen and oxygen atoms in total. The Morgan fingerprint density at radius 1 is 1.17 bits per heavy atom. The molecule has 2 rings (SSSR count). The van der Waals surface area contributed by atoms with E-state index in [9.17, 15) is 18.0 Å². The van der Waals surface area contributed by atoms with Crippen molar-refractivity contribution in [2.24, 2.45) is 5.73 Å². The smallest absolute Gasteiger partial charge is 0.406 e. The summed E-state index contributed by atoms with van der Waals surface area (Å²) in [5, 5.41) is 5.25. The fraction of sp³-hybridized carbons (Fsp3) is 0.533. The number of alkyl halides is 3. The number of nitrogens with two attached hydrogens (primary N) is 1. The quantitative estimate of drug-likeness (QED) is 0.792. The number of hydrogen-bond acceptors (Lipinski definition) is 3. The molecule has 1 aromatic carbocycles. The normalized spacial score (nSPS) is 17.4. The van der Waals surface area contributed by atoms with Gasteiger partial charge in [0.05, 0.1) is 0 Å². The van der Waals surface area contributed by atoms with Gasteiger partial charge in [-0.05, 0) is 37.1 Å². The van der Waals surface area contributed by atoms with Gasteiger partial charge in [-0.2, -0.15) is 0 Å². The van der Waals surface area contributed by atoms with Crippen molar-refractivity contribution in [3.63, 3.8) is 0 Å². The van der Waals surface area contributed by atoms with Crippen LogP contribution in [0.4, 0.5) is 23.7 Å². The van der Waals surface area contributed by atoms with E-state index in [0.29, 0.717) is 12.2 Å². The summed E-state index contributed by atoms with van der Waals surface area (Å²) in [6, 6.07) is 4.49. The van der Waals surface area contributed by atoms with Crippen LogP contribution in [0.3, 0.4) is 0 Å². The first-order valence-electron chi connectivity index (χ1n) is 7.45. The van der Waals surface area contributed by atoms with E-state index in [4.69, 9.17) is 5.73 Å². The van der Waals surface area contributed by atoms with Crippen molar-refractivity contribution in [2.75, 3.05) is 11.9 Å². The molecule has 1 aliphatic carbocycles. The molecule has 0 saturated heterocycles. The Balaban J connectivity index is 1.81. The number of carbonyl (C=O) groups excluding carboxylic acids is 1. The van der Waals surface area contributed by atoms with Crippen LogP contribution in [0.25, 0.3) is 0 Å². The summed E-state index contributed by atoms with van der Waals surface area (Å²) < 4.78 is 39.9. The molecule has 1 aliphatic rings. The van der Waals surface area contributed by atoms with Crippen molar-refractivity contribution in [1.29, 1.82) is 0 Å².